The Bertz CT molecular complexity index is 266. The van der Waals surface area contributed by atoms with Crippen molar-refractivity contribution in [3.05, 3.63) is 18.0 Å². The molecule has 0 saturated heterocycles. The summed E-state index contributed by atoms with van der Waals surface area (Å²) in [6.07, 6.45) is 3.73. The molecule has 1 N–H and O–H groups in total. The molecule has 1 rings (SSSR count). The molecular weight excluding hydrogens is 210 g/mol. The standard InChI is InChI=1S/C10H17N3OS/c1-3-15-10-12-7-9(8-13-10)6-11-4-5-14-2/h7-8,11H,3-6H2,1-2H3. The first-order valence-corrected chi connectivity index (χ1v) is 5.98. The second-order valence-corrected chi connectivity index (χ2v) is 4.21. The van der Waals surface area contributed by atoms with Gasteiger partial charge in [0, 0.05) is 38.2 Å². The van der Waals surface area contributed by atoms with Crippen LogP contribution in [0.15, 0.2) is 17.6 Å². The highest BCUT2D eigenvalue weighted by molar-refractivity contribution is 7.99. The summed E-state index contributed by atoms with van der Waals surface area (Å²) in [5, 5.41) is 4.09. The van der Waals surface area contributed by atoms with E-state index < -0.39 is 0 Å². The van der Waals surface area contributed by atoms with Gasteiger partial charge in [0.2, 0.25) is 0 Å². The lowest BCUT2D eigenvalue weighted by molar-refractivity contribution is 0.199. The van der Waals surface area contributed by atoms with Crippen molar-refractivity contribution in [2.24, 2.45) is 0 Å². The van der Waals surface area contributed by atoms with Gasteiger partial charge in [0.05, 0.1) is 6.61 Å². The first-order valence-electron chi connectivity index (χ1n) is 5.00. The van der Waals surface area contributed by atoms with Gasteiger partial charge in [-0.05, 0) is 5.75 Å². The predicted molar refractivity (Wildman–Crippen MR) is 62.0 cm³/mol. The average molecular weight is 227 g/mol. The number of aromatic nitrogens is 2. The highest BCUT2D eigenvalue weighted by Crippen LogP contribution is 2.10. The molecule has 0 unspecified atom stereocenters. The monoisotopic (exact) mass is 227 g/mol. The van der Waals surface area contributed by atoms with Crippen molar-refractivity contribution in [2.75, 3.05) is 26.0 Å². The van der Waals surface area contributed by atoms with Crippen LogP contribution in [0.5, 0.6) is 0 Å². The second kappa shape index (κ2) is 7.62. The molecule has 0 fully saturated rings. The van der Waals surface area contributed by atoms with Crippen molar-refractivity contribution in [3.8, 4) is 0 Å². The van der Waals surface area contributed by atoms with Crippen LogP contribution in [0.3, 0.4) is 0 Å². The van der Waals surface area contributed by atoms with Crippen molar-refractivity contribution in [1.82, 2.24) is 15.3 Å². The second-order valence-electron chi connectivity index (χ2n) is 2.98. The zero-order valence-electron chi connectivity index (χ0n) is 9.19. The van der Waals surface area contributed by atoms with E-state index in [4.69, 9.17) is 4.74 Å². The van der Waals surface area contributed by atoms with E-state index >= 15 is 0 Å². The zero-order chi connectivity index (χ0) is 10.9. The molecule has 0 amide bonds. The van der Waals surface area contributed by atoms with Crippen LogP contribution in [0, 0.1) is 0 Å². The number of nitrogens with one attached hydrogen (secondary N) is 1. The summed E-state index contributed by atoms with van der Waals surface area (Å²) >= 11 is 1.65. The van der Waals surface area contributed by atoms with Gasteiger partial charge in [-0.2, -0.15) is 0 Å². The molecule has 5 heteroatoms. The SMILES string of the molecule is CCSc1ncc(CNCCOC)cn1. The Hall–Kier alpha value is -0.650. The molecule has 0 aliphatic rings. The number of hydrogen-bond acceptors (Lipinski definition) is 5. The van der Waals surface area contributed by atoms with Gasteiger partial charge in [0.25, 0.3) is 0 Å². The Morgan fingerprint density at radius 2 is 2.13 bits per heavy atom. The first-order chi connectivity index (χ1) is 7.36. The first kappa shape index (κ1) is 12.4. The summed E-state index contributed by atoms with van der Waals surface area (Å²) in [6.45, 7) is 4.46. The Kier molecular flexibility index (Phi) is 6.31. The van der Waals surface area contributed by atoms with Crippen molar-refractivity contribution in [3.63, 3.8) is 0 Å². The maximum Gasteiger partial charge on any atom is 0.187 e. The molecule has 0 aliphatic carbocycles. The number of methoxy groups -OCH3 is 1. The quantitative estimate of drug-likeness (QED) is 0.432. The van der Waals surface area contributed by atoms with E-state index in [0.29, 0.717) is 0 Å². The van der Waals surface area contributed by atoms with E-state index in [1.165, 1.54) is 0 Å². The normalized spacial score (nSPS) is 10.5. The summed E-state index contributed by atoms with van der Waals surface area (Å²) < 4.78 is 4.93. The average Bonchev–Trinajstić information content (AvgIpc) is 2.27. The molecule has 0 saturated carbocycles. The van der Waals surface area contributed by atoms with Gasteiger partial charge in [0.1, 0.15) is 0 Å². The smallest absolute Gasteiger partial charge is 0.187 e. The topological polar surface area (TPSA) is 47.0 Å². The highest BCUT2D eigenvalue weighted by Gasteiger charge is 1.96. The van der Waals surface area contributed by atoms with Gasteiger partial charge in [0.15, 0.2) is 5.16 Å². The van der Waals surface area contributed by atoms with Crippen LogP contribution in [0.25, 0.3) is 0 Å². The van der Waals surface area contributed by atoms with Crippen molar-refractivity contribution < 1.29 is 4.74 Å². The minimum atomic E-state index is 0.727. The maximum absolute atomic E-state index is 4.93. The molecule has 84 valence electrons. The van der Waals surface area contributed by atoms with E-state index in [9.17, 15) is 0 Å². The van der Waals surface area contributed by atoms with Crippen LogP contribution in [0.2, 0.25) is 0 Å². The fourth-order valence-corrected chi connectivity index (χ4v) is 1.56. The van der Waals surface area contributed by atoms with E-state index in [-0.39, 0.29) is 0 Å². The van der Waals surface area contributed by atoms with Gasteiger partial charge < -0.3 is 10.1 Å². The summed E-state index contributed by atoms with van der Waals surface area (Å²) in [7, 11) is 1.70. The third kappa shape index (κ3) is 5.11. The number of ether oxygens (including phenoxy) is 1. The molecule has 0 aliphatic heterocycles. The van der Waals surface area contributed by atoms with E-state index in [0.717, 1.165) is 36.2 Å². The molecule has 15 heavy (non-hydrogen) atoms. The minimum absolute atomic E-state index is 0.727. The minimum Gasteiger partial charge on any atom is -0.383 e. The van der Waals surface area contributed by atoms with Crippen molar-refractivity contribution >= 4 is 11.8 Å². The Labute approximate surface area is 94.8 Å². The van der Waals surface area contributed by atoms with Crippen molar-refractivity contribution in [2.45, 2.75) is 18.6 Å². The van der Waals surface area contributed by atoms with Gasteiger partial charge in [-0.15, -0.1) is 0 Å². The molecule has 1 aromatic rings. The van der Waals surface area contributed by atoms with Crippen molar-refractivity contribution in [1.29, 1.82) is 0 Å². The molecule has 0 aromatic carbocycles. The van der Waals surface area contributed by atoms with E-state index in [2.05, 4.69) is 22.2 Å². The molecule has 1 heterocycles. The zero-order valence-corrected chi connectivity index (χ0v) is 10.0. The summed E-state index contributed by atoms with van der Waals surface area (Å²) in [5.41, 5.74) is 1.10. The highest BCUT2D eigenvalue weighted by atomic mass is 32.2. The molecule has 1 aromatic heterocycles. The summed E-state index contributed by atoms with van der Waals surface area (Å²) in [4.78, 5) is 8.50. The Morgan fingerprint density at radius 1 is 1.40 bits per heavy atom. The van der Waals surface area contributed by atoms with E-state index in [1.54, 1.807) is 18.9 Å². The molecule has 0 radical (unpaired) electrons. The van der Waals surface area contributed by atoms with Gasteiger partial charge in [-0.3, -0.25) is 0 Å². The number of nitrogens with zero attached hydrogens (tertiary/aromatic N) is 2. The Morgan fingerprint density at radius 3 is 2.73 bits per heavy atom. The fourth-order valence-electron chi connectivity index (χ4n) is 1.04. The lowest BCUT2D eigenvalue weighted by Gasteiger charge is -2.03. The third-order valence-corrected chi connectivity index (χ3v) is 2.52. The van der Waals surface area contributed by atoms with E-state index in [1.807, 2.05) is 12.4 Å². The molecule has 4 nitrogen and oxygen atoms in total. The third-order valence-electron chi connectivity index (χ3n) is 1.77. The summed E-state index contributed by atoms with van der Waals surface area (Å²) in [6, 6.07) is 0. The molecular formula is C10H17N3OS. The van der Waals surface area contributed by atoms with Gasteiger partial charge in [-0.25, -0.2) is 9.97 Å². The number of hydrogen-bond donors (Lipinski definition) is 1. The largest absolute Gasteiger partial charge is 0.383 e. The number of rotatable bonds is 7. The van der Waals surface area contributed by atoms with Crippen LogP contribution in [-0.2, 0) is 11.3 Å². The van der Waals surface area contributed by atoms with Crippen LogP contribution < -0.4 is 5.32 Å². The van der Waals surface area contributed by atoms with Crippen LogP contribution >= 0.6 is 11.8 Å². The molecule has 0 spiro atoms. The lowest BCUT2D eigenvalue weighted by atomic mass is 10.3. The maximum atomic E-state index is 4.93. The Balaban J connectivity index is 2.29. The van der Waals surface area contributed by atoms with Gasteiger partial charge in [-0.1, -0.05) is 18.7 Å². The van der Waals surface area contributed by atoms with Crippen LogP contribution in [0.1, 0.15) is 12.5 Å². The molecule has 0 atom stereocenters. The van der Waals surface area contributed by atoms with Gasteiger partial charge >= 0.3 is 0 Å². The fraction of sp³-hybridized carbons (Fsp3) is 0.600. The molecule has 0 bridgehead atoms. The van der Waals surface area contributed by atoms with Crippen LogP contribution in [0.4, 0.5) is 0 Å². The number of thioether (sulfide) groups is 1. The predicted octanol–water partition coefficient (Wildman–Crippen LogP) is 1.32. The summed E-state index contributed by atoms with van der Waals surface area (Å²) in [5.74, 6) is 1.01. The lowest BCUT2D eigenvalue weighted by Crippen LogP contribution is -2.18. The van der Waals surface area contributed by atoms with Crippen LogP contribution in [-0.4, -0.2) is 36.0 Å².